The van der Waals surface area contributed by atoms with Gasteiger partial charge in [0.2, 0.25) is 0 Å². The molecule has 4 heteroatoms. The van der Waals surface area contributed by atoms with Crippen LogP contribution in [0.25, 0.3) is 16.9 Å². The van der Waals surface area contributed by atoms with Gasteiger partial charge in [-0.25, -0.2) is 9.97 Å². The molecule has 0 spiro atoms. The normalized spacial score (nSPS) is 11.0. The van der Waals surface area contributed by atoms with Crippen molar-refractivity contribution in [2.75, 3.05) is 6.26 Å². The van der Waals surface area contributed by atoms with Crippen molar-refractivity contribution in [1.82, 2.24) is 14.4 Å². The van der Waals surface area contributed by atoms with E-state index in [1.54, 1.807) is 11.8 Å². The number of hydrogen-bond acceptors (Lipinski definition) is 3. The highest BCUT2D eigenvalue weighted by Crippen LogP contribution is 2.24. The number of benzene rings is 1. The van der Waals surface area contributed by atoms with E-state index < -0.39 is 0 Å². The number of hydrogen-bond donors (Lipinski definition) is 0. The number of thioether (sulfide) groups is 1. The molecule has 3 nitrogen and oxygen atoms in total. The van der Waals surface area contributed by atoms with Gasteiger partial charge in [-0.05, 0) is 13.2 Å². The third-order valence-electron chi connectivity index (χ3n) is 2.91. The first-order chi connectivity index (χ1) is 8.79. The van der Waals surface area contributed by atoms with Gasteiger partial charge < -0.3 is 0 Å². The van der Waals surface area contributed by atoms with Crippen molar-refractivity contribution < 1.29 is 0 Å². The summed E-state index contributed by atoms with van der Waals surface area (Å²) >= 11 is 1.63. The Bertz CT molecular complexity index is 689. The predicted octanol–water partition coefficient (Wildman–Crippen LogP) is 3.43. The second kappa shape index (κ2) is 4.46. The maximum absolute atomic E-state index is 4.68. The molecule has 0 amide bonds. The number of aryl methyl sites for hydroxylation is 1. The smallest absolute Gasteiger partial charge is 0.169 e. The van der Waals surface area contributed by atoms with Crippen LogP contribution in [0.4, 0.5) is 0 Å². The Hall–Kier alpha value is -1.81. The lowest BCUT2D eigenvalue weighted by Gasteiger charge is -2.06. The Kier molecular flexibility index (Phi) is 2.80. The van der Waals surface area contributed by atoms with Gasteiger partial charge in [0, 0.05) is 23.7 Å². The highest BCUT2D eigenvalue weighted by molar-refractivity contribution is 7.98. The molecule has 0 N–H and O–H groups in total. The van der Waals surface area contributed by atoms with E-state index in [0.29, 0.717) is 0 Å². The predicted molar refractivity (Wildman–Crippen MR) is 74.9 cm³/mol. The average molecular weight is 255 g/mol. The summed E-state index contributed by atoms with van der Waals surface area (Å²) in [6.07, 6.45) is 5.96. The minimum absolute atomic E-state index is 0.930. The summed E-state index contributed by atoms with van der Waals surface area (Å²) in [6.45, 7) is 2.05. The van der Waals surface area contributed by atoms with E-state index in [9.17, 15) is 0 Å². The van der Waals surface area contributed by atoms with Gasteiger partial charge in [-0.2, -0.15) is 0 Å². The van der Waals surface area contributed by atoms with Crippen LogP contribution >= 0.6 is 11.8 Å². The molecule has 0 atom stereocenters. The van der Waals surface area contributed by atoms with Gasteiger partial charge >= 0.3 is 0 Å². The fraction of sp³-hybridized carbons (Fsp3) is 0.143. The first-order valence-corrected chi connectivity index (χ1v) is 6.96. The largest absolute Gasteiger partial charge is 0.300 e. The zero-order valence-electron chi connectivity index (χ0n) is 10.3. The standard InChI is InChI=1S/C14H13N3S/c1-10-8-15-13-14(18-2)16-12(9-17(10)13)11-6-4-3-5-7-11/h3-9H,1-2H3. The molecule has 1 aromatic carbocycles. The van der Waals surface area contributed by atoms with Crippen LogP contribution in [0.3, 0.4) is 0 Å². The first kappa shape index (κ1) is 11.3. The molecule has 0 aliphatic heterocycles. The van der Waals surface area contributed by atoms with E-state index in [1.807, 2.05) is 36.8 Å². The molecule has 3 rings (SSSR count). The number of nitrogens with zero attached hydrogens (tertiary/aromatic N) is 3. The molecule has 0 fully saturated rings. The van der Waals surface area contributed by atoms with Crippen LogP contribution < -0.4 is 0 Å². The van der Waals surface area contributed by atoms with Gasteiger partial charge in [0.1, 0.15) is 5.03 Å². The van der Waals surface area contributed by atoms with Gasteiger partial charge in [-0.15, -0.1) is 11.8 Å². The SMILES string of the molecule is CSc1nc(-c2ccccc2)cn2c(C)cnc12. The minimum Gasteiger partial charge on any atom is -0.300 e. The van der Waals surface area contributed by atoms with Gasteiger partial charge in [0.05, 0.1) is 5.69 Å². The molecule has 0 saturated heterocycles. The van der Waals surface area contributed by atoms with Crippen LogP contribution in [0.15, 0.2) is 47.8 Å². The molecule has 3 aromatic rings. The van der Waals surface area contributed by atoms with Crippen LogP contribution in [0.1, 0.15) is 5.69 Å². The van der Waals surface area contributed by atoms with Crippen molar-refractivity contribution in [2.24, 2.45) is 0 Å². The van der Waals surface area contributed by atoms with E-state index in [-0.39, 0.29) is 0 Å². The fourth-order valence-corrected chi connectivity index (χ4v) is 2.49. The van der Waals surface area contributed by atoms with Crippen molar-refractivity contribution in [3.8, 4) is 11.3 Å². The Balaban J connectivity index is 2.28. The lowest BCUT2D eigenvalue weighted by Crippen LogP contribution is -1.95. The van der Waals surface area contributed by atoms with Crippen molar-refractivity contribution in [2.45, 2.75) is 11.9 Å². The molecule has 18 heavy (non-hydrogen) atoms. The summed E-state index contributed by atoms with van der Waals surface area (Å²) in [5.41, 5.74) is 4.16. The summed E-state index contributed by atoms with van der Waals surface area (Å²) in [6, 6.07) is 10.2. The first-order valence-electron chi connectivity index (χ1n) is 5.73. The van der Waals surface area contributed by atoms with Crippen molar-refractivity contribution in [3.05, 3.63) is 48.4 Å². The van der Waals surface area contributed by atoms with Crippen LogP contribution in [-0.4, -0.2) is 20.6 Å². The number of rotatable bonds is 2. The molecular weight excluding hydrogens is 242 g/mol. The fourth-order valence-electron chi connectivity index (χ4n) is 1.96. The third kappa shape index (κ3) is 1.78. The van der Waals surface area contributed by atoms with E-state index in [2.05, 4.69) is 33.4 Å². The summed E-state index contributed by atoms with van der Waals surface area (Å²) in [7, 11) is 0. The second-order valence-electron chi connectivity index (χ2n) is 4.09. The number of aromatic nitrogens is 3. The number of imidazole rings is 1. The zero-order chi connectivity index (χ0) is 12.5. The molecule has 2 aromatic heterocycles. The maximum Gasteiger partial charge on any atom is 0.169 e. The molecule has 0 aliphatic rings. The van der Waals surface area contributed by atoms with Crippen LogP contribution in [0.2, 0.25) is 0 Å². The van der Waals surface area contributed by atoms with Crippen LogP contribution in [-0.2, 0) is 0 Å². The molecule has 2 heterocycles. The second-order valence-corrected chi connectivity index (χ2v) is 4.89. The average Bonchev–Trinajstić information content (AvgIpc) is 2.81. The lowest BCUT2D eigenvalue weighted by atomic mass is 10.2. The van der Waals surface area contributed by atoms with Crippen LogP contribution in [0.5, 0.6) is 0 Å². The van der Waals surface area contributed by atoms with Gasteiger partial charge in [0.25, 0.3) is 0 Å². The summed E-state index contributed by atoms with van der Waals surface area (Å²) in [5, 5.41) is 0.962. The highest BCUT2D eigenvalue weighted by atomic mass is 32.2. The lowest BCUT2D eigenvalue weighted by molar-refractivity contribution is 1.01. The van der Waals surface area contributed by atoms with Gasteiger partial charge in [-0.3, -0.25) is 4.40 Å². The zero-order valence-corrected chi connectivity index (χ0v) is 11.1. The molecule has 0 radical (unpaired) electrons. The quantitative estimate of drug-likeness (QED) is 0.657. The molecule has 0 aliphatic carbocycles. The van der Waals surface area contributed by atoms with Gasteiger partial charge in [0.15, 0.2) is 5.65 Å². The molecule has 0 unspecified atom stereocenters. The van der Waals surface area contributed by atoms with E-state index in [4.69, 9.17) is 0 Å². The van der Waals surface area contributed by atoms with Crippen molar-refractivity contribution in [3.63, 3.8) is 0 Å². The minimum atomic E-state index is 0.930. The van der Waals surface area contributed by atoms with Crippen molar-refractivity contribution >= 4 is 17.4 Å². The van der Waals surface area contributed by atoms with E-state index >= 15 is 0 Å². The highest BCUT2D eigenvalue weighted by Gasteiger charge is 2.09. The van der Waals surface area contributed by atoms with Crippen molar-refractivity contribution in [1.29, 1.82) is 0 Å². The molecule has 0 bridgehead atoms. The monoisotopic (exact) mass is 255 g/mol. The summed E-state index contributed by atoms with van der Waals surface area (Å²) in [4.78, 5) is 9.09. The summed E-state index contributed by atoms with van der Waals surface area (Å²) < 4.78 is 2.10. The summed E-state index contributed by atoms with van der Waals surface area (Å²) in [5.74, 6) is 0. The molecule has 0 saturated carbocycles. The Morgan fingerprint density at radius 1 is 1.17 bits per heavy atom. The van der Waals surface area contributed by atoms with E-state index in [0.717, 1.165) is 27.6 Å². The van der Waals surface area contributed by atoms with Crippen LogP contribution in [0, 0.1) is 6.92 Å². The third-order valence-corrected chi connectivity index (χ3v) is 3.57. The Labute approximate surface area is 110 Å². The maximum atomic E-state index is 4.68. The number of fused-ring (bicyclic) bond motifs is 1. The Morgan fingerprint density at radius 3 is 2.67 bits per heavy atom. The van der Waals surface area contributed by atoms with Gasteiger partial charge in [-0.1, -0.05) is 30.3 Å². The Morgan fingerprint density at radius 2 is 1.94 bits per heavy atom. The molecular formula is C14H13N3S. The topological polar surface area (TPSA) is 30.2 Å². The van der Waals surface area contributed by atoms with E-state index in [1.165, 1.54) is 0 Å². The molecule has 90 valence electrons.